The average molecular weight is 491 g/mol. The van der Waals surface area contributed by atoms with Crippen LogP contribution in [0.1, 0.15) is 34.7 Å². The third kappa shape index (κ3) is 6.40. The highest BCUT2D eigenvalue weighted by molar-refractivity contribution is 6.34. The number of likely N-dealkylation sites (N-methyl/N-ethyl adjacent to an activating group) is 1. The number of hydrogen-bond acceptors (Lipinski definition) is 6. The predicted molar refractivity (Wildman–Crippen MR) is 121 cm³/mol. The fraction of sp³-hybridized carbons (Fsp3) is 0.435. The molecule has 0 saturated heterocycles. The van der Waals surface area contributed by atoms with Crippen LogP contribution in [0.3, 0.4) is 0 Å². The number of carbonyl (C=O) groups is 3. The summed E-state index contributed by atoms with van der Waals surface area (Å²) in [5.41, 5.74) is -0.503. The van der Waals surface area contributed by atoms with Gasteiger partial charge in [0.2, 0.25) is 5.75 Å². The minimum absolute atomic E-state index is 0.0552. The van der Waals surface area contributed by atoms with Crippen LogP contribution in [-0.2, 0) is 29.1 Å². The zero-order valence-electron chi connectivity index (χ0n) is 19.2. The second-order valence-corrected chi connectivity index (χ2v) is 8.31. The smallest absolute Gasteiger partial charge is 0.311 e. The number of aromatic nitrogens is 2. The number of hydrogen-bond donors (Lipinski definition) is 3. The first-order valence-electron chi connectivity index (χ1n) is 11.2. The lowest BCUT2D eigenvalue weighted by Gasteiger charge is -2.17. The minimum Gasteiger partial charge on any atom is -0.501 e. The van der Waals surface area contributed by atoms with E-state index in [1.165, 1.54) is 35.9 Å². The first kappa shape index (κ1) is 25.8. The maximum Gasteiger partial charge on any atom is 0.311 e. The molecule has 0 bridgehead atoms. The summed E-state index contributed by atoms with van der Waals surface area (Å²) >= 11 is 0. The SMILES string of the molecule is CN(CCF)C(=O)C(=O)NCC1CCc2nc(C(=O)NCc3ccc(F)cc3)c(O)c(=O)n2CC1. The largest absolute Gasteiger partial charge is 0.501 e. The number of carbonyl (C=O) groups excluding carboxylic acids is 3. The molecule has 1 unspecified atom stereocenters. The van der Waals surface area contributed by atoms with Crippen molar-refractivity contribution in [1.29, 1.82) is 0 Å². The van der Waals surface area contributed by atoms with Crippen LogP contribution in [0.5, 0.6) is 5.75 Å². The monoisotopic (exact) mass is 491 g/mol. The zero-order valence-corrected chi connectivity index (χ0v) is 19.2. The molecule has 2 aromatic rings. The Morgan fingerprint density at radius 1 is 1.20 bits per heavy atom. The van der Waals surface area contributed by atoms with Crippen LogP contribution in [0.15, 0.2) is 29.1 Å². The number of fused-ring (bicyclic) bond motifs is 1. The Morgan fingerprint density at radius 3 is 2.60 bits per heavy atom. The normalized spacial score (nSPS) is 15.0. The molecule has 0 radical (unpaired) electrons. The van der Waals surface area contributed by atoms with Gasteiger partial charge in [0, 0.05) is 39.6 Å². The third-order valence-electron chi connectivity index (χ3n) is 5.86. The first-order chi connectivity index (χ1) is 16.7. The Labute approximate surface area is 200 Å². The van der Waals surface area contributed by atoms with E-state index in [-0.39, 0.29) is 32.1 Å². The van der Waals surface area contributed by atoms with Gasteiger partial charge in [-0.15, -0.1) is 0 Å². The van der Waals surface area contributed by atoms with E-state index in [0.717, 1.165) is 4.90 Å². The minimum atomic E-state index is -0.837. The summed E-state index contributed by atoms with van der Waals surface area (Å²) in [5.74, 6) is -3.35. The van der Waals surface area contributed by atoms with Crippen molar-refractivity contribution in [2.75, 3.05) is 26.8 Å². The summed E-state index contributed by atoms with van der Waals surface area (Å²) in [6.07, 6.45) is 1.30. The number of nitrogens with one attached hydrogen (secondary N) is 2. The fourth-order valence-corrected chi connectivity index (χ4v) is 3.74. The number of aromatic hydroxyl groups is 1. The maximum atomic E-state index is 13.0. The number of amides is 3. The molecule has 188 valence electrons. The van der Waals surface area contributed by atoms with Crippen LogP contribution in [-0.4, -0.2) is 64.1 Å². The Bertz CT molecular complexity index is 1150. The van der Waals surface area contributed by atoms with Crippen LogP contribution in [0.4, 0.5) is 8.78 Å². The van der Waals surface area contributed by atoms with E-state index >= 15 is 0 Å². The lowest BCUT2D eigenvalue weighted by molar-refractivity contribution is -0.145. The molecule has 2 heterocycles. The molecule has 3 rings (SSSR count). The average Bonchev–Trinajstić information content (AvgIpc) is 3.06. The van der Waals surface area contributed by atoms with Crippen molar-refractivity contribution in [1.82, 2.24) is 25.1 Å². The summed E-state index contributed by atoms with van der Waals surface area (Å²) in [6.45, 7) is -0.490. The van der Waals surface area contributed by atoms with Crippen molar-refractivity contribution >= 4 is 17.7 Å². The van der Waals surface area contributed by atoms with Crippen molar-refractivity contribution in [3.8, 4) is 5.75 Å². The van der Waals surface area contributed by atoms with Crippen molar-refractivity contribution < 1.29 is 28.3 Å². The molecule has 10 nitrogen and oxygen atoms in total. The number of rotatable bonds is 7. The zero-order chi connectivity index (χ0) is 25.5. The predicted octanol–water partition coefficient (Wildman–Crippen LogP) is 0.515. The molecule has 0 aliphatic carbocycles. The molecule has 0 spiro atoms. The molecule has 0 saturated carbocycles. The number of halogens is 2. The molecule has 35 heavy (non-hydrogen) atoms. The molecule has 1 aromatic carbocycles. The van der Waals surface area contributed by atoms with E-state index in [1.807, 2.05) is 0 Å². The molecule has 1 aliphatic rings. The Morgan fingerprint density at radius 2 is 1.91 bits per heavy atom. The van der Waals surface area contributed by atoms with Crippen LogP contribution >= 0.6 is 0 Å². The summed E-state index contributed by atoms with van der Waals surface area (Å²) in [4.78, 5) is 54.4. The molecular formula is C23H27F2N5O5. The molecule has 3 amide bonds. The van der Waals surface area contributed by atoms with E-state index < -0.39 is 47.2 Å². The highest BCUT2D eigenvalue weighted by atomic mass is 19.1. The van der Waals surface area contributed by atoms with Crippen LogP contribution in [0, 0.1) is 11.7 Å². The molecular weight excluding hydrogens is 464 g/mol. The number of alkyl halides is 1. The third-order valence-corrected chi connectivity index (χ3v) is 5.86. The van der Waals surface area contributed by atoms with Gasteiger partial charge in [0.25, 0.3) is 11.5 Å². The van der Waals surface area contributed by atoms with Crippen molar-refractivity contribution in [3.63, 3.8) is 0 Å². The molecule has 1 aromatic heterocycles. The van der Waals surface area contributed by atoms with Gasteiger partial charge >= 0.3 is 11.8 Å². The summed E-state index contributed by atoms with van der Waals surface area (Å²) in [7, 11) is 1.34. The van der Waals surface area contributed by atoms with Gasteiger partial charge in [-0.2, -0.15) is 0 Å². The van der Waals surface area contributed by atoms with E-state index in [1.54, 1.807) is 0 Å². The van der Waals surface area contributed by atoms with Gasteiger partial charge in [-0.25, -0.2) is 13.8 Å². The van der Waals surface area contributed by atoms with Crippen LogP contribution in [0.2, 0.25) is 0 Å². The van der Waals surface area contributed by atoms with Gasteiger partial charge in [0.15, 0.2) is 5.69 Å². The van der Waals surface area contributed by atoms with E-state index in [0.29, 0.717) is 30.7 Å². The first-order valence-corrected chi connectivity index (χ1v) is 11.2. The summed E-state index contributed by atoms with van der Waals surface area (Å²) < 4.78 is 26.7. The molecule has 0 fully saturated rings. The van der Waals surface area contributed by atoms with Crippen molar-refractivity contribution in [2.45, 2.75) is 32.4 Å². The number of nitrogens with zero attached hydrogens (tertiary/aromatic N) is 3. The molecule has 1 atom stereocenters. The lowest BCUT2D eigenvalue weighted by atomic mass is 10.0. The Balaban J connectivity index is 1.63. The van der Waals surface area contributed by atoms with Crippen molar-refractivity contribution in [2.24, 2.45) is 5.92 Å². The maximum absolute atomic E-state index is 13.0. The van der Waals surface area contributed by atoms with E-state index in [4.69, 9.17) is 0 Å². The van der Waals surface area contributed by atoms with Crippen LogP contribution in [0.25, 0.3) is 0 Å². The summed E-state index contributed by atoms with van der Waals surface area (Å²) in [6, 6.07) is 5.51. The van der Waals surface area contributed by atoms with Gasteiger partial charge in [-0.1, -0.05) is 12.1 Å². The second-order valence-electron chi connectivity index (χ2n) is 8.31. The highest BCUT2D eigenvalue weighted by Crippen LogP contribution is 2.20. The van der Waals surface area contributed by atoms with Gasteiger partial charge in [0.1, 0.15) is 18.3 Å². The topological polar surface area (TPSA) is 134 Å². The standard InChI is InChI=1S/C23H27F2N5O5/c1-29(11-9-24)23(35)21(33)27-13-15-4-7-17-28-18(19(31)22(34)30(17)10-8-15)20(32)26-12-14-2-5-16(25)6-3-14/h2-3,5-6,15,31H,4,7-13H2,1H3,(H,26,32)(H,27,33). The number of benzene rings is 1. The fourth-order valence-electron chi connectivity index (χ4n) is 3.74. The second kappa shape index (κ2) is 11.5. The van der Waals surface area contributed by atoms with Gasteiger partial charge < -0.3 is 20.6 Å². The van der Waals surface area contributed by atoms with Crippen LogP contribution < -0.4 is 16.2 Å². The quantitative estimate of drug-likeness (QED) is 0.484. The van der Waals surface area contributed by atoms with Gasteiger partial charge in [-0.3, -0.25) is 23.7 Å². The molecule has 1 aliphatic heterocycles. The number of aryl methyl sites for hydroxylation is 1. The molecule has 3 N–H and O–H groups in total. The van der Waals surface area contributed by atoms with Crippen molar-refractivity contribution in [3.05, 3.63) is 57.5 Å². The van der Waals surface area contributed by atoms with E-state index in [2.05, 4.69) is 15.6 Å². The van der Waals surface area contributed by atoms with Gasteiger partial charge in [0.05, 0.1) is 0 Å². The summed E-state index contributed by atoms with van der Waals surface area (Å²) in [5, 5.41) is 15.4. The highest BCUT2D eigenvalue weighted by Gasteiger charge is 2.26. The van der Waals surface area contributed by atoms with E-state index in [9.17, 15) is 33.1 Å². The Hall–Kier alpha value is -3.83. The molecule has 12 heteroatoms. The lowest BCUT2D eigenvalue weighted by Crippen LogP contribution is -2.43. The Kier molecular flexibility index (Phi) is 8.50. The van der Waals surface area contributed by atoms with Gasteiger partial charge in [-0.05, 0) is 36.5 Å².